The van der Waals surface area contributed by atoms with Gasteiger partial charge in [0.2, 0.25) is 0 Å². The predicted molar refractivity (Wildman–Crippen MR) is 125 cm³/mol. The average Bonchev–Trinajstić information content (AvgIpc) is 3.44. The summed E-state index contributed by atoms with van der Waals surface area (Å²) in [5.41, 5.74) is 2.88. The molecule has 0 heterocycles. The summed E-state index contributed by atoms with van der Waals surface area (Å²) in [6, 6.07) is 12.5. The van der Waals surface area contributed by atoms with Crippen molar-refractivity contribution in [3.63, 3.8) is 0 Å². The lowest BCUT2D eigenvalue weighted by Crippen LogP contribution is -2.42. The Kier molecular flexibility index (Phi) is 11.3. The maximum atomic E-state index is 10.8. The molecular weight excluding hydrogens is 407 g/mol. The summed E-state index contributed by atoms with van der Waals surface area (Å²) in [4.78, 5) is 13.0. The molecule has 0 amide bonds. The fourth-order valence-corrected chi connectivity index (χ4v) is 4.46. The van der Waals surface area contributed by atoms with E-state index in [1.54, 1.807) is 5.57 Å². The van der Waals surface area contributed by atoms with E-state index < -0.39 is 5.97 Å². The number of nitrogens with zero attached hydrogens (tertiary/aromatic N) is 1. The van der Waals surface area contributed by atoms with Crippen LogP contribution in [0.2, 0.25) is 0 Å². The summed E-state index contributed by atoms with van der Waals surface area (Å²) >= 11 is 0. The normalized spacial score (nSPS) is 26.4. The third-order valence-corrected chi connectivity index (χ3v) is 6.27. The van der Waals surface area contributed by atoms with Crippen LogP contribution in [0.25, 0.3) is 6.08 Å². The maximum Gasteiger partial charge on any atom is 0.304 e. The first-order chi connectivity index (χ1) is 13.1. The monoisotopic (exact) mass is 442 g/mol. The molecule has 164 valence electrons. The zero-order valence-electron chi connectivity index (χ0n) is 17.5. The van der Waals surface area contributed by atoms with Crippen LogP contribution in [0.15, 0.2) is 35.9 Å². The number of aliphatic carboxylic acids is 1. The van der Waals surface area contributed by atoms with Crippen molar-refractivity contribution in [2.24, 2.45) is 5.92 Å². The number of halogens is 2. The molecule has 0 bridgehead atoms. The number of carboxylic acids is 1. The molecular formula is C23H36Cl2N2O2. The van der Waals surface area contributed by atoms with Crippen molar-refractivity contribution < 1.29 is 9.90 Å². The van der Waals surface area contributed by atoms with Crippen LogP contribution in [0.5, 0.6) is 0 Å². The number of benzene rings is 1. The van der Waals surface area contributed by atoms with Crippen molar-refractivity contribution in [2.75, 3.05) is 13.6 Å². The van der Waals surface area contributed by atoms with Crippen LogP contribution in [0.3, 0.4) is 0 Å². The van der Waals surface area contributed by atoms with E-state index in [9.17, 15) is 4.79 Å². The van der Waals surface area contributed by atoms with Crippen molar-refractivity contribution >= 4 is 36.9 Å². The summed E-state index contributed by atoms with van der Waals surface area (Å²) in [7, 11) is 2.07. The van der Waals surface area contributed by atoms with Gasteiger partial charge in [-0.15, -0.1) is 24.8 Å². The topological polar surface area (TPSA) is 52.6 Å². The molecule has 3 rings (SSSR count). The third kappa shape index (κ3) is 7.93. The summed E-state index contributed by atoms with van der Waals surface area (Å²) in [5.74, 6) is -0.00145. The molecule has 2 saturated carbocycles. The van der Waals surface area contributed by atoms with Crippen molar-refractivity contribution in [1.29, 1.82) is 0 Å². The maximum absolute atomic E-state index is 10.8. The smallest absolute Gasteiger partial charge is 0.304 e. The van der Waals surface area contributed by atoms with Gasteiger partial charge < -0.3 is 15.3 Å². The molecule has 0 saturated heterocycles. The Hall–Kier alpha value is -1.07. The van der Waals surface area contributed by atoms with Crippen LogP contribution in [-0.2, 0) is 4.79 Å². The number of nitrogens with one attached hydrogen (secondary N) is 1. The van der Waals surface area contributed by atoms with Crippen LogP contribution in [-0.4, -0.2) is 47.7 Å². The fraction of sp³-hybridized carbons (Fsp3) is 0.609. The molecule has 0 radical (unpaired) electrons. The molecule has 4 nitrogen and oxygen atoms in total. The van der Waals surface area contributed by atoms with E-state index in [0.717, 1.165) is 6.42 Å². The molecule has 1 unspecified atom stereocenters. The minimum absolute atomic E-state index is 0. The highest BCUT2D eigenvalue weighted by atomic mass is 35.5. The fourth-order valence-electron chi connectivity index (χ4n) is 4.46. The first-order valence-electron chi connectivity index (χ1n) is 10.5. The van der Waals surface area contributed by atoms with Crippen molar-refractivity contribution in [3.05, 3.63) is 41.5 Å². The van der Waals surface area contributed by atoms with E-state index in [2.05, 4.69) is 60.6 Å². The molecule has 0 aliphatic heterocycles. The van der Waals surface area contributed by atoms with E-state index in [0.29, 0.717) is 30.6 Å². The summed E-state index contributed by atoms with van der Waals surface area (Å²) in [6.45, 7) is 2.93. The number of hydrogen-bond acceptors (Lipinski definition) is 3. The highest BCUT2D eigenvalue weighted by Gasteiger charge is 2.40. The van der Waals surface area contributed by atoms with E-state index in [1.807, 2.05) is 0 Å². The van der Waals surface area contributed by atoms with Crippen LogP contribution in [0.4, 0.5) is 0 Å². The van der Waals surface area contributed by atoms with Gasteiger partial charge in [-0.2, -0.15) is 0 Å². The lowest BCUT2D eigenvalue weighted by Gasteiger charge is -2.35. The Balaban J connectivity index is 0.00000210. The zero-order valence-corrected chi connectivity index (χ0v) is 19.2. The van der Waals surface area contributed by atoms with Gasteiger partial charge in [0.05, 0.1) is 6.42 Å². The van der Waals surface area contributed by atoms with Crippen LogP contribution in [0, 0.1) is 5.92 Å². The summed E-state index contributed by atoms with van der Waals surface area (Å²) in [6.07, 6.45) is 9.76. The van der Waals surface area contributed by atoms with Crippen molar-refractivity contribution in [1.82, 2.24) is 10.2 Å². The highest BCUT2D eigenvalue weighted by Crippen LogP contribution is 2.40. The Morgan fingerprint density at radius 2 is 1.83 bits per heavy atom. The predicted octanol–water partition coefficient (Wildman–Crippen LogP) is 5.02. The standard InChI is InChI=1S/C23H34N2O2.2ClH/c1-3-18(15-17-7-5-4-6-8-17)21-16-22(21)24-19-9-11-20(12-10-19)25(2)14-13-23(26)27;;/h4-8,15,19-22,24H,3,9-14,16H2,1-2H3,(H,26,27);2*1H/t19?,20?,21?,22-;;/m0../s1. The molecule has 29 heavy (non-hydrogen) atoms. The zero-order chi connectivity index (χ0) is 19.2. The Morgan fingerprint density at radius 1 is 1.17 bits per heavy atom. The van der Waals surface area contributed by atoms with Crippen molar-refractivity contribution in [2.45, 2.75) is 70.0 Å². The molecule has 2 aliphatic rings. The molecule has 2 aliphatic carbocycles. The SMILES string of the molecule is CCC(=Cc1ccccc1)C1C[C@@H]1NC1CCC(N(C)CCC(=O)O)CC1.Cl.Cl. The highest BCUT2D eigenvalue weighted by molar-refractivity contribution is 5.85. The molecule has 2 atom stereocenters. The lowest BCUT2D eigenvalue weighted by atomic mass is 9.90. The van der Waals surface area contributed by atoms with Crippen LogP contribution < -0.4 is 5.32 Å². The number of rotatable bonds is 9. The van der Waals surface area contributed by atoms with Crippen molar-refractivity contribution in [3.8, 4) is 0 Å². The Labute approximate surface area is 188 Å². The molecule has 1 aromatic carbocycles. The second-order valence-electron chi connectivity index (χ2n) is 8.23. The number of carbonyl (C=O) groups is 1. The van der Waals surface area contributed by atoms with Gasteiger partial charge in [-0.25, -0.2) is 0 Å². The van der Waals surface area contributed by atoms with Crippen LogP contribution >= 0.6 is 24.8 Å². The molecule has 1 aromatic rings. The Morgan fingerprint density at radius 3 is 2.41 bits per heavy atom. The van der Waals surface area contributed by atoms with E-state index in [-0.39, 0.29) is 31.2 Å². The van der Waals surface area contributed by atoms with Gasteiger partial charge in [0.15, 0.2) is 0 Å². The van der Waals surface area contributed by atoms with Gasteiger partial charge in [0, 0.05) is 24.7 Å². The third-order valence-electron chi connectivity index (χ3n) is 6.27. The van der Waals surface area contributed by atoms with Crippen LogP contribution in [0.1, 0.15) is 57.4 Å². The molecule has 0 spiro atoms. The summed E-state index contributed by atoms with van der Waals surface area (Å²) in [5, 5.41) is 12.8. The van der Waals surface area contributed by atoms with Gasteiger partial charge in [-0.05, 0) is 57.1 Å². The van der Waals surface area contributed by atoms with E-state index in [1.165, 1.54) is 37.7 Å². The molecule has 2 N–H and O–H groups in total. The lowest BCUT2D eigenvalue weighted by molar-refractivity contribution is -0.137. The first-order valence-corrected chi connectivity index (χ1v) is 10.5. The van der Waals surface area contributed by atoms with E-state index >= 15 is 0 Å². The van der Waals surface area contributed by atoms with Gasteiger partial charge in [0.25, 0.3) is 0 Å². The number of hydrogen-bond donors (Lipinski definition) is 2. The van der Waals surface area contributed by atoms with Gasteiger partial charge in [-0.1, -0.05) is 48.9 Å². The van der Waals surface area contributed by atoms with Gasteiger partial charge in [-0.3, -0.25) is 4.79 Å². The molecule has 0 aromatic heterocycles. The Bertz CT molecular complexity index is 646. The van der Waals surface area contributed by atoms with Gasteiger partial charge >= 0.3 is 5.97 Å². The molecule has 6 heteroatoms. The second-order valence-corrected chi connectivity index (χ2v) is 8.23. The largest absolute Gasteiger partial charge is 0.481 e. The van der Waals surface area contributed by atoms with Gasteiger partial charge in [0.1, 0.15) is 0 Å². The average molecular weight is 443 g/mol. The molecule has 2 fully saturated rings. The van der Waals surface area contributed by atoms with E-state index in [4.69, 9.17) is 5.11 Å². The summed E-state index contributed by atoms with van der Waals surface area (Å²) < 4.78 is 0. The number of carboxylic acid groups (broad SMARTS) is 1. The minimum Gasteiger partial charge on any atom is -0.481 e. The minimum atomic E-state index is -0.702. The quantitative estimate of drug-likeness (QED) is 0.563. The second kappa shape index (κ2) is 12.6. The first kappa shape index (κ1) is 26.0.